The number of hydrogen-bond donors (Lipinski definition) is 3. The number of carbonyl (C=O) groups is 1. The van der Waals surface area contributed by atoms with E-state index in [1.807, 2.05) is 0 Å². The number of benzene rings is 1. The minimum atomic E-state index is -0.987. The maximum atomic E-state index is 14.3. The van der Waals surface area contributed by atoms with Crippen LogP contribution in [0.15, 0.2) is 48.8 Å². The predicted octanol–water partition coefficient (Wildman–Crippen LogP) is 3.77. The van der Waals surface area contributed by atoms with E-state index in [9.17, 15) is 23.1 Å². The molecule has 0 unspecified atom stereocenters. The summed E-state index contributed by atoms with van der Waals surface area (Å²) in [6.07, 6.45) is 4.28. The zero-order valence-electron chi connectivity index (χ0n) is 16.9. The van der Waals surface area contributed by atoms with Gasteiger partial charge in [0, 0.05) is 12.2 Å². The average Bonchev–Trinajstić information content (AvgIpc) is 2.77. The van der Waals surface area contributed by atoms with Crippen LogP contribution >= 0.6 is 0 Å². The number of aliphatic hydroxyl groups is 1. The Morgan fingerprint density at radius 3 is 2.53 bits per heavy atom. The Morgan fingerprint density at radius 1 is 1.06 bits per heavy atom. The Balaban J connectivity index is 1.62. The first-order chi connectivity index (χ1) is 15.3. The van der Waals surface area contributed by atoms with Crippen molar-refractivity contribution in [1.29, 1.82) is 0 Å². The van der Waals surface area contributed by atoms with Crippen LogP contribution in [-0.2, 0) is 0 Å². The summed E-state index contributed by atoms with van der Waals surface area (Å²) in [6.45, 7) is 0. The Kier molecular flexibility index (Phi) is 6.20. The number of pyridine rings is 2. The highest BCUT2D eigenvalue weighted by molar-refractivity contribution is 6.03. The van der Waals surface area contributed by atoms with E-state index in [1.54, 1.807) is 12.3 Å². The molecule has 1 aliphatic carbocycles. The number of halogens is 3. The molecule has 166 valence electrons. The molecule has 0 saturated heterocycles. The van der Waals surface area contributed by atoms with E-state index in [2.05, 4.69) is 15.3 Å². The second-order valence-electron chi connectivity index (χ2n) is 7.78. The minimum absolute atomic E-state index is 0.0101. The maximum Gasteiger partial charge on any atom is 0.274 e. The largest absolute Gasteiger partial charge is 0.392 e. The molecule has 1 saturated carbocycles. The normalized spacial score (nSPS) is 20.7. The minimum Gasteiger partial charge on any atom is -0.392 e. The summed E-state index contributed by atoms with van der Waals surface area (Å²) in [6, 6.07) is 6.60. The zero-order valence-corrected chi connectivity index (χ0v) is 16.9. The summed E-state index contributed by atoms with van der Waals surface area (Å²) in [5, 5.41) is 12.6. The summed E-state index contributed by atoms with van der Waals surface area (Å²) in [7, 11) is 0. The highest BCUT2D eigenvalue weighted by atomic mass is 19.1. The van der Waals surface area contributed by atoms with Gasteiger partial charge in [0.2, 0.25) is 0 Å². The third-order valence-electron chi connectivity index (χ3n) is 5.68. The van der Waals surface area contributed by atoms with E-state index in [0.717, 1.165) is 35.9 Å². The van der Waals surface area contributed by atoms with Crippen molar-refractivity contribution in [2.75, 3.05) is 5.32 Å². The standard InChI is InChI=1S/C23H21F3N4O2/c24-14-2-1-3-15(25)21(14)22-16(26)5-6-18(29-22)23(32)30-19-11-28-9-8-13(19)12-4-7-20(31)17(27)10-12/h1-3,5-6,8-9,11-12,17,20,31H,4,7,10,27H2,(H,30,32)/t12-,17-,20+/m0/s1. The van der Waals surface area contributed by atoms with Gasteiger partial charge in [-0.15, -0.1) is 0 Å². The third kappa shape index (κ3) is 4.35. The van der Waals surface area contributed by atoms with Crippen molar-refractivity contribution in [2.24, 2.45) is 5.73 Å². The number of carbonyl (C=O) groups excluding carboxylic acids is 1. The molecule has 0 bridgehead atoms. The van der Waals surface area contributed by atoms with Crippen LogP contribution in [0.2, 0.25) is 0 Å². The number of rotatable bonds is 4. The fourth-order valence-electron chi connectivity index (χ4n) is 3.99. The van der Waals surface area contributed by atoms with Crippen molar-refractivity contribution in [3.05, 3.63) is 77.5 Å². The van der Waals surface area contributed by atoms with Crippen molar-refractivity contribution in [1.82, 2.24) is 9.97 Å². The van der Waals surface area contributed by atoms with Gasteiger partial charge in [0.1, 0.15) is 28.8 Å². The molecule has 4 N–H and O–H groups in total. The molecule has 1 aliphatic rings. The van der Waals surface area contributed by atoms with Crippen LogP contribution in [0.1, 0.15) is 41.2 Å². The Bertz CT molecular complexity index is 1140. The summed E-state index contributed by atoms with van der Waals surface area (Å²) in [5.41, 5.74) is 5.78. The highest BCUT2D eigenvalue weighted by Gasteiger charge is 2.29. The fraction of sp³-hybridized carbons (Fsp3) is 0.261. The topological polar surface area (TPSA) is 101 Å². The molecule has 0 aliphatic heterocycles. The Labute approximate surface area is 182 Å². The van der Waals surface area contributed by atoms with Gasteiger partial charge in [-0.2, -0.15) is 0 Å². The number of nitrogens with one attached hydrogen (secondary N) is 1. The molecule has 2 heterocycles. The van der Waals surface area contributed by atoms with Crippen LogP contribution in [0.3, 0.4) is 0 Å². The van der Waals surface area contributed by atoms with Crippen molar-refractivity contribution in [3.63, 3.8) is 0 Å². The smallest absolute Gasteiger partial charge is 0.274 e. The van der Waals surface area contributed by atoms with Gasteiger partial charge in [0.15, 0.2) is 0 Å². The molecule has 1 aromatic carbocycles. The number of amides is 1. The summed E-state index contributed by atoms with van der Waals surface area (Å²) >= 11 is 0. The van der Waals surface area contributed by atoms with Crippen molar-refractivity contribution in [3.8, 4) is 11.3 Å². The highest BCUT2D eigenvalue weighted by Crippen LogP contribution is 2.36. The first-order valence-electron chi connectivity index (χ1n) is 10.1. The number of aromatic nitrogens is 2. The number of nitrogens with two attached hydrogens (primary N) is 1. The van der Waals surface area contributed by atoms with E-state index >= 15 is 0 Å². The molecule has 1 amide bonds. The van der Waals surface area contributed by atoms with Crippen LogP contribution in [-0.4, -0.2) is 33.1 Å². The van der Waals surface area contributed by atoms with Gasteiger partial charge >= 0.3 is 0 Å². The molecular formula is C23H21F3N4O2. The lowest BCUT2D eigenvalue weighted by atomic mass is 9.80. The average molecular weight is 442 g/mol. The van der Waals surface area contributed by atoms with Crippen LogP contribution in [0.5, 0.6) is 0 Å². The van der Waals surface area contributed by atoms with Gasteiger partial charge in [0.05, 0.1) is 23.6 Å². The lowest BCUT2D eigenvalue weighted by Gasteiger charge is -2.32. The van der Waals surface area contributed by atoms with E-state index in [0.29, 0.717) is 24.9 Å². The number of nitrogens with zero attached hydrogens (tertiary/aromatic N) is 2. The van der Waals surface area contributed by atoms with Crippen molar-refractivity contribution in [2.45, 2.75) is 37.3 Å². The number of aliphatic hydroxyl groups excluding tert-OH is 1. The van der Waals surface area contributed by atoms with Crippen LogP contribution in [0, 0.1) is 17.5 Å². The van der Waals surface area contributed by atoms with E-state index in [1.165, 1.54) is 6.20 Å². The maximum absolute atomic E-state index is 14.3. The second-order valence-corrected chi connectivity index (χ2v) is 7.78. The van der Waals surface area contributed by atoms with Gasteiger partial charge in [-0.25, -0.2) is 18.2 Å². The molecule has 0 radical (unpaired) electrons. The number of anilines is 1. The zero-order chi connectivity index (χ0) is 22.8. The van der Waals surface area contributed by atoms with Crippen molar-refractivity contribution >= 4 is 11.6 Å². The van der Waals surface area contributed by atoms with Crippen LogP contribution in [0.25, 0.3) is 11.3 Å². The van der Waals surface area contributed by atoms with Crippen LogP contribution < -0.4 is 11.1 Å². The van der Waals surface area contributed by atoms with Gasteiger partial charge in [0.25, 0.3) is 5.91 Å². The third-order valence-corrected chi connectivity index (χ3v) is 5.68. The van der Waals surface area contributed by atoms with Gasteiger partial charge < -0.3 is 16.2 Å². The van der Waals surface area contributed by atoms with E-state index in [4.69, 9.17) is 5.73 Å². The fourth-order valence-corrected chi connectivity index (χ4v) is 3.99. The van der Waals surface area contributed by atoms with Gasteiger partial charge in [-0.05, 0) is 61.1 Å². The lowest BCUT2D eigenvalue weighted by Crippen LogP contribution is -2.39. The first kappa shape index (κ1) is 21.9. The molecule has 0 spiro atoms. The molecule has 32 heavy (non-hydrogen) atoms. The predicted molar refractivity (Wildman–Crippen MR) is 112 cm³/mol. The SMILES string of the molecule is N[C@H]1C[C@@H](c2ccncc2NC(=O)c2ccc(F)c(-c3c(F)cccc3F)n2)CC[C@H]1O. The molecule has 1 fully saturated rings. The first-order valence-corrected chi connectivity index (χ1v) is 10.1. The lowest BCUT2D eigenvalue weighted by molar-refractivity contribution is 0.0998. The van der Waals surface area contributed by atoms with Crippen molar-refractivity contribution < 1.29 is 23.1 Å². The van der Waals surface area contributed by atoms with Gasteiger partial charge in [-0.1, -0.05) is 6.07 Å². The van der Waals surface area contributed by atoms with E-state index < -0.39 is 40.7 Å². The van der Waals surface area contributed by atoms with Crippen LogP contribution in [0.4, 0.5) is 18.9 Å². The molecule has 6 nitrogen and oxygen atoms in total. The molecule has 3 atom stereocenters. The van der Waals surface area contributed by atoms with Gasteiger partial charge in [-0.3, -0.25) is 9.78 Å². The Morgan fingerprint density at radius 2 is 1.81 bits per heavy atom. The molecular weight excluding hydrogens is 421 g/mol. The Hall–Kier alpha value is -3.30. The summed E-state index contributed by atoms with van der Waals surface area (Å²) in [4.78, 5) is 20.8. The monoisotopic (exact) mass is 442 g/mol. The summed E-state index contributed by atoms with van der Waals surface area (Å²) in [5.74, 6) is -3.60. The molecule has 9 heteroatoms. The molecule has 4 rings (SSSR count). The van der Waals surface area contributed by atoms with E-state index in [-0.39, 0.29) is 17.7 Å². The number of hydrogen-bond acceptors (Lipinski definition) is 5. The summed E-state index contributed by atoms with van der Waals surface area (Å²) < 4.78 is 42.6. The second kappa shape index (κ2) is 9.05. The quantitative estimate of drug-likeness (QED) is 0.571. The molecule has 2 aromatic heterocycles. The molecule has 3 aromatic rings.